The lowest BCUT2D eigenvalue weighted by atomic mass is 9.97. The predicted octanol–water partition coefficient (Wildman–Crippen LogP) is 9.61. The SMILES string of the molecule is CC/C=C\C/C=C\C/C=C\C/C=C\CCCCCCCCCCCCCCCCCCCCCCC(=O)NC(COC1OC(CO)C(OC2OC(CO)C(O)C(O)C2O)C(O)C1O)C(O)CCCCCCCC. The van der Waals surface area contributed by atoms with Crippen molar-refractivity contribution in [2.45, 2.75) is 299 Å². The second kappa shape index (κ2) is 45.0. The molecular weight excluding hydrogens is 931 g/mol. The number of hydrogen-bond donors (Lipinski definition) is 9. The Morgan fingerprint density at radius 3 is 1.45 bits per heavy atom. The zero-order chi connectivity index (χ0) is 53.2. The Labute approximate surface area is 442 Å². The molecule has 12 atom stereocenters. The molecule has 2 fully saturated rings. The number of ether oxygens (including phenoxy) is 4. The van der Waals surface area contributed by atoms with Crippen LogP contribution in [0, 0.1) is 0 Å². The molecule has 2 rings (SSSR count). The fourth-order valence-electron chi connectivity index (χ4n) is 9.58. The van der Waals surface area contributed by atoms with Crippen molar-refractivity contribution < 1.29 is 64.6 Å². The van der Waals surface area contributed by atoms with Crippen LogP contribution in [0.3, 0.4) is 0 Å². The number of nitrogens with one attached hydrogen (secondary N) is 1. The molecule has 0 bridgehead atoms. The lowest BCUT2D eigenvalue weighted by Crippen LogP contribution is -2.65. The van der Waals surface area contributed by atoms with Gasteiger partial charge in [-0.05, 0) is 51.4 Å². The number of allylic oxidation sites excluding steroid dienone is 8. The number of aliphatic hydroxyl groups is 8. The molecule has 73 heavy (non-hydrogen) atoms. The molecule has 0 aromatic carbocycles. The molecule has 2 heterocycles. The first-order chi connectivity index (χ1) is 35.6. The van der Waals surface area contributed by atoms with E-state index in [1.165, 1.54) is 109 Å². The summed E-state index contributed by atoms with van der Waals surface area (Å²) in [5.74, 6) is -0.211. The summed E-state index contributed by atoms with van der Waals surface area (Å²) in [6.07, 6.45) is 39.0. The van der Waals surface area contributed by atoms with Crippen molar-refractivity contribution in [2.75, 3.05) is 19.8 Å². The van der Waals surface area contributed by atoms with Crippen molar-refractivity contribution in [3.05, 3.63) is 48.6 Å². The van der Waals surface area contributed by atoms with Gasteiger partial charge in [0.1, 0.15) is 48.8 Å². The molecule has 14 nitrogen and oxygen atoms in total. The normalized spacial score (nSPS) is 25.7. The molecule has 2 aliphatic rings. The van der Waals surface area contributed by atoms with E-state index in [4.69, 9.17) is 18.9 Å². The molecule has 0 spiro atoms. The third kappa shape index (κ3) is 31.1. The molecule has 2 saturated heterocycles. The second-order valence-corrected chi connectivity index (χ2v) is 20.7. The molecule has 1 amide bonds. The number of carbonyl (C=O) groups is 1. The third-order valence-corrected chi connectivity index (χ3v) is 14.3. The summed E-state index contributed by atoms with van der Waals surface area (Å²) in [6.45, 7) is 2.67. The number of rotatable bonds is 46. The lowest BCUT2D eigenvalue weighted by Gasteiger charge is -2.46. The molecule has 0 radical (unpaired) electrons. The Balaban J connectivity index is 1.55. The first kappa shape index (κ1) is 67.1. The lowest BCUT2D eigenvalue weighted by molar-refractivity contribution is -0.359. The van der Waals surface area contributed by atoms with Crippen molar-refractivity contribution >= 4 is 5.91 Å². The van der Waals surface area contributed by atoms with Gasteiger partial charge in [0, 0.05) is 6.42 Å². The van der Waals surface area contributed by atoms with E-state index in [2.05, 4.69) is 67.8 Å². The van der Waals surface area contributed by atoms with Crippen LogP contribution in [0.5, 0.6) is 0 Å². The van der Waals surface area contributed by atoms with Crippen molar-refractivity contribution in [1.29, 1.82) is 0 Å². The van der Waals surface area contributed by atoms with Crippen LogP contribution in [0.25, 0.3) is 0 Å². The maximum absolute atomic E-state index is 13.2. The van der Waals surface area contributed by atoms with Gasteiger partial charge in [0.15, 0.2) is 12.6 Å². The van der Waals surface area contributed by atoms with Gasteiger partial charge < -0.3 is 65.1 Å². The summed E-state index contributed by atoms with van der Waals surface area (Å²) in [7, 11) is 0. The molecule has 0 aliphatic carbocycles. The van der Waals surface area contributed by atoms with Crippen LogP contribution >= 0.6 is 0 Å². The van der Waals surface area contributed by atoms with E-state index < -0.39 is 86.8 Å². The minimum Gasteiger partial charge on any atom is -0.394 e. The largest absolute Gasteiger partial charge is 0.394 e. The smallest absolute Gasteiger partial charge is 0.220 e. The Kier molecular flexibility index (Phi) is 41.4. The summed E-state index contributed by atoms with van der Waals surface area (Å²) in [5.41, 5.74) is 0. The molecule has 14 heteroatoms. The standard InChI is InChI=1S/C59H107NO13/c1-3-5-7-9-11-12-13-14-15-16-17-18-19-20-21-22-23-24-25-26-27-28-29-30-31-32-33-34-35-36-37-39-41-43-51(64)60-47(48(63)42-40-38-10-8-6-4-2)46-70-58-56(69)54(67)57(50(45-62)72-58)73-59-55(68)53(66)52(65)49(44-61)71-59/h5,7,11-12,14-15,17-18,47-50,52-59,61-63,65-69H,3-4,6,8-10,13,16,19-46H2,1-2H3,(H,60,64)/b7-5-,12-11-,15-14-,18-17-. The van der Waals surface area contributed by atoms with Gasteiger partial charge in [-0.3, -0.25) is 4.79 Å². The van der Waals surface area contributed by atoms with Gasteiger partial charge in [-0.1, -0.05) is 217 Å². The van der Waals surface area contributed by atoms with Crippen molar-refractivity contribution in [1.82, 2.24) is 5.32 Å². The second-order valence-electron chi connectivity index (χ2n) is 20.7. The number of amides is 1. The van der Waals surface area contributed by atoms with Crippen LogP contribution in [0.2, 0.25) is 0 Å². The van der Waals surface area contributed by atoms with Gasteiger partial charge in [-0.2, -0.15) is 0 Å². The molecule has 0 aromatic rings. The van der Waals surface area contributed by atoms with E-state index in [1.807, 2.05) is 0 Å². The highest BCUT2D eigenvalue weighted by Crippen LogP contribution is 2.30. The van der Waals surface area contributed by atoms with Gasteiger partial charge in [0.25, 0.3) is 0 Å². The number of carbonyl (C=O) groups excluding carboxylic acids is 1. The summed E-state index contributed by atoms with van der Waals surface area (Å²) in [5, 5.41) is 86.6. The van der Waals surface area contributed by atoms with Gasteiger partial charge >= 0.3 is 0 Å². The minimum atomic E-state index is -1.78. The molecule has 0 saturated carbocycles. The fraction of sp³-hybridized carbons (Fsp3) is 0.847. The Morgan fingerprint density at radius 1 is 0.507 bits per heavy atom. The summed E-state index contributed by atoms with van der Waals surface area (Å²) < 4.78 is 22.7. The summed E-state index contributed by atoms with van der Waals surface area (Å²) >= 11 is 0. The van der Waals surface area contributed by atoms with Crippen molar-refractivity contribution in [3.63, 3.8) is 0 Å². The zero-order valence-corrected chi connectivity index (χ0v) is 45.6. The average Bonchev–Trinajstić information content (AvgIpc) is 3.39. The van der Waals surface area contributed by atoms with E-state index in [-0.39, 0.29) is 12.5 Å². The molecule has 2 aliphatic heterocycles. The van der Waals surface area contributed by atoms with Gasteiger partial charge in [-0.15, -0.1) is 0 Å². The van der Waals surface area contributed by atoms with Crippen LogP contribution in [-0.2, 0) is 23.7 Å². The minimum absolute atomic E-state index is 0.211. The van der Waals surface area contributed by atoms with Crippen LogP contribution in [0.15, 0.2) is 48.6 Å². The first-order valence-corrected chi connectivity index (χ1v) is 29.4. The number of hydrogen-bond acceptors (Lipinski definition) is 13. The monoisotopic (exact) mass is 1040 g/mol. The Bertz CT molecular complexity index is 1410. The average molecular weight is 1040 g/mol. The maximum atomic E-state index is 13.2. The van der Waals surface area contributed by atoms with Gasteiger partial charge in [0.05, 0.1) is 32.0 Å². The van der Waals surface area contributed by atoms with Crippen molar-refractivity contribution in [3.8, 4) is 0 Å². The third-order valence-electron chi connectivity index (χ3n) is 14.3. The number of aliphatic hydroxyl groups excluding tert-OH is 8. The van der Waals surface area contributed by atoms with E-state index in [1.54, 1.807) is 0 Å². The summed E-state index contributed by atoms with van der Waals surface area (Å²) in [6, 6.07) is -0.824. The van der Waals surface area contributed by atoms with Crippen LogP contribution in [-0.4, -0.2) is 140 Å². The number of unbranched alkanes of at least 4 members (excludes halogenated alkanes) is 25. The van der Waals surface area contributed by atoms with Crippen LogP contribution < -0.4 is 5.32 Å². The van der Waals surface area contributed by atoms with Crippen LogP contribution in [0.4, 0.5) is 0 Å². The molecule has 426 valence electrons. The van der Waals surface area contributed by atoms with E-state index in [0.717, 1.165) is 89.9 Å². The predicted molar refractivity (Wildman–Crippen MR) is 291 cm³/mol. The highest BCUT2D eigenvalue weighted by molar-refractivity contribution is 5.76. The molecule has 9 N–H and O–H groups in total. The summed E-state index contributed by atoms with van der Waals surface area (Å²) in [4.78, 5) is 13.2. The van der Waals surface area contributed by atoms with E-state index in [0.29, 0.717) is 12.8 Å². The van der Waals surface area contributed by atoms with Crippen molar-refractivity contribution in [2.24, 2.45) is 0 Å². The zero-order valence-electron chi connectivity index (χ0n) is 45.6. The van der Waals surface area contributed by atoms with E-state index in [9.17, 15) is 45.6 Å². The fourth-order valence-corrected chi connectivity index (χ4v) is 9.58. The maximum Gasteiger partial charge on any atom is 0.220 e. The first-order valence-electron chi connectivity index (χ1n) is 29.4. The van der Waals surface area contributed by atoms with Gasteiger partial charge in [0.2, 0.25) is 5.91 Å². The van der Waals surface area contributed by atoms with Crippen LogP contribution in [0.1, 0.15) is 226 Å². The quantitative estimate of drug-likeness (QED) is 0.0205. The molecule has 12 unspecified atom stereocenters. The highest BCUT2D eigenvalue weighted by Gasteiger charge is 2.51. The van der Waals surface area contributed by atoms with Gasteiger partial charge in [-0.25, -0.2) is 0 Å². The highest BCUT2D eigenvalue weighted by atomic mass is 16.7. The Morgan fingerprint density at radius 2 is 0.945 bits per heavy atom. The van der Waals surface area contributed by atoms with E-state index >= 15 is 0 Å². The Hall–Kier alpha value is -2.05. The molecular formula is C59H107NO13. The topological polar surface area (TPSA) is 228 Å². The molecule has 0 aromatic heterocycles.